The van der Waals surface area contributed by atoms with Gasteiger partial charge in [-0.25, -0.2) is 0 Å². The van der Waals surface area contributed by atoms with E-state index < -0.39 is 0 Å². The molecule has 28 heavy (non-hydrogen) atoms. The van der Waals surface area contributed by atoms with Gasteiger partial charge in [0, 0.05) is 41.1 Å². The summed E-state index contributed by atoms with van der Waals surface area (Å²) in [6, 6.07) is 12.7. The van der Waals surface area contributed by atoms with Crippen molar-refractivity contribution in [2.24, 2.45) is 7.05 Å². The largest absolute Gasteiger partial charge is 0.493 e. The summed E-state index contributed by atoms with van der Waals surface area (Å²) in [6.45, 7) is 0.529. The number of nitrogens with two attached hydrogens (primary N) is 1. The second-order valence-electron chi connectivity index (χ2n) is 6.92. The van der Waals surface area contributed by atoms with E-state index in [0.29, 0.717) is 28.8 Å². The van der Waals surface area contributed by atoms with Crippen LogP contribution >= 0.6 is 11.6 Å². The van der Waals surface area contributed by atoms with Gasteiger partial charge in [0.25, 0.3) is 5.56 Å². The van der Waals surface area contributed by atoms with Crippen molar-refractivity contribution in [1.29, 1.82) is 0 Å². The number of benzene rings is 2. The van der Waals surface area contributed by atoms with Crippen molar-refractivity contribution in [3.8, 4) is 28.4 Å². The van der Waals surface area contributed by atoms with Crippen molar-refractivity contribution in [1.82, 2.24) is 4.57 Å². The molecule has 4 rings (SSSR count). The fourth-order valence-corrected chi connectivity index (χ4v) is 3.49. The molecule has 1 aromatic heterocycles. The third kappa shape index (κ3) is 3.71. The zero-order chi connectivity index (χ0) is 19.7. The Hall–Kier alpha value is -2.92. The number of fused-ring (bicyclic) bond motifs is 4. The number of aromatic nitrogens is 1. The summed E-state index contributed by atoms with van der Waals surface area (Å²) >= 11 is 6.22. The van der Waals surface area contributed by atoms with Crippen LogP contribution in [0.15, 0.2) is 53.5 Å². The van der Waals surface area contributed by atoms with E-state index in [1.165, 1.54) is 10.6 Å². The highest BCUT2D eigenvalue weighted by Gasteiger charge is 2.17. The standard InChI is InChI=1S/C22H21ClN2O3/c1-25-13-18-17-11-16(24)7-8-19(17)28-20-10-15(23)6-5-14(20)4-2-3-9-27-21(18)12-22(25)26/h5-8,10-13H,2-4,9,24H2,1H3. The molecule has 0 saturated heterocycles. The Bertz CT molecular complexity index is 1090. The van der Waals surface area contributed by atoms with E-state index >= 15 is 0 Å². The summed E-state index contributed by atoms with van der Waals surface area (Å²) in [5.74, 6) is 1.89. The summed E-state index contributed by atoms with van der Waals surface area (Å²) < 4.78 is 13.8. The first-order valence-corrected chi connectivity index (χ1v) is 9.59. The Balaban J connectivity index is 1.93. The molecule has 5 nitrogen and oxygen atoms in total. The van der Waals surface area contributed by atoms with Crippen LogP contribution in [-0.4, -0.2) is 11.2 Å². The van der Waals surface area contributed by atoms with Crippen LogP contribution in [0.1, 0.15) is 18.4 Å². The van der Waals surface area contributed by atoms with Crippen molar-refractivity contribution >= 4 is 17.3 Å². The third-order valence-electron chi connectivity index (χ3n) is 4.83. The molecule has 3 aromatic rings. The third-order valence-corrected chi connectivity index (χ3v) is 5.07. The number of pyridine rings is 1. The number of hydrogen-bond donors (Lipinski definition) is 1. The minimum Gasteiger partial charge on any atom is -0.493 e. The van der Waals surface area contributed by atoms with Crippen molar-refractivity contribution in [2.75, 3.05) is 12.3 Å². The number of nitrogen functional groups attached to an aromatic ring is 1. The summed E-state index contributed by atoms with van der Waals surface area (Å²) in [5.41, 5.74) is 9.13. The molecule has 1 aliphatic rings. The van der Waals surface area contributed by atoms with E-state index in [1.807, 2.05) is 30.3 Å². The molecule has 2 aromatic carbocycles. The van der Waals surface area contributed by atoms with Gasteiger partial charge in [-0.1, -0.05) is 17.7 Å². The van der Waals surface area contributed by atoms with Gasteiger partial charge in [-0.3, -0.25) is 4.79 Å². The van der Waals surface area contributed by atoms with Gasteiger partial charge in [0.2, 0.25) is 0 Å². The van der Waals surface area contributed by atoms with E-state index in [4.69, 9.17) is 26.8 Å². The van der Waals surface area contributed by atoms with Crippen LogP contribution < -0.4 is 20.8 Å². The molecule has 1 aliphatic heterocycles. The second-order valence-corrected chi connectivity index (χ2v) is 7.35. The number of anilines is 1. The SMILES string of the molecule is Cn1cc2c(cc1=O)OCCCCc1ccc(Cl)cc1Oc1ccc(N)cc1-2. The molecule has 0 saturated carbocycles. The Kier molecular flexibility index (Phi) is 5.01. The van der Waals surface area contributed by atoms with Crippen LogP contribution in [0.2, 0.25) is 5.02 Å². The summed E-state index contributed by atoms with van der Waals surface area (Å²) in [5, 5.41) is 0.619. The highest BCUT2D eigenvalue weighted by Crippen LogP contribution is 2.40. The molecular weight excluding hydrogens is 376 g/mol. The highest BCUT2D eigenvalue weighted by atomic mass is 35.5. The van der Waals surface area contributed by atoms with Gasteiger partial charge in [-0.2, -0.15) is 0 Å². The Morgan fingerprint density at radius 2 is 1.86 bits per heavy atom. The highest BCUT2D eigenvalue weighted by molar-refractivity contribution is 6.30. The van der Waals surface area contributed by atoms with Gasteiger partial charge in [0.1, 0.15) is 17.2 Å². The van der Waals surface area contributed by atoms with Gasteiger partial charge >= 0.3 is 0 Å². The Morgan fingerprint density at radius 3 is 2.71 bits per heavy atom. The first kappa shape index (κ1) is 18.4. The molecular formula is C22H21ClN2O3. The second kappa shape index (κ2) is 7.60. The van der Waals surface area contributed by atoms with E-state index in [2.05, 4.69) is 0 Å². The summed E-state index contributed by atoms with van der Waals surface area (Å²) in [7, 11) is 1.71. The fraction of sp³-hybridized carbons (Fsp3) is 0.227. The number of hydrogen-bond acceptors (Lipinski definition) is 4. The van der Waals surface area contributed by atoms with Crippen LogP contribution in [0.5, 0.6) is 17.2 Å². The lowest BCUT2D eigenvalue weighted by atomic mass is 10.0. The Morgan fingerprint density at radius 1 is 1.00 bits per heavy atom. The molecule has 0 spiro atoms. The summed E-state index contributed by atoms with van der Waals surface area (Å²) in [6.07, 6.45) is 4.40. The number of aryl methyl sites for hydroxylation is 2. The maximum absolute atomic E-state index is 12.2. The van der Waals surface area contributed by atoms with Crippen molar-refractivity contribution in [3.63, 3.8) is 0 Å². The van der Waals surface area contributed by atoms with Crippen LogP contribution in [0, 0.1) is 0 Å². The zero-order valence-corrected chi connectivity index (χ0v) is 16.3. The molecule has 6 heteroatoms. The average Bonchev–Trinajstić information content (AvgIpc) is 2.66. The first-order valence-electron chi connectivity index (χ1n) is 9.21. The van der Waals surface area contributed by atoms with Crippen molar-refractivity contribution < 1.29 is 9.47 Å². The minimum absolute atomic E-state index is 0.130. The molecule has 0 amide bonds. The molecule has 0 fully saturated rings. The molecule has 2 N–H and O–H groups in total. The van der Waals surface area contributed by atoms with Crippen molar-refractivity contribution in [3.05, 3.63) is 69.6 Å². The molecule has 0 atom stereocenters. The predicted octanol–water partition coefficient (Wildman–Crippen LogP) is 4.80. The number of nitrogens with zero attached hydrogens (tertiary/aromatic N) is 1. The quantitative estimate of drug-likeness (QED) is 0.554. The van der Waals surface area contributed by atoms with Gasteiger partial charge in [-0.15, -0.1) is 0 Å². The number of halogens is 1. The maximum Gasteiger partial charge on any atom is 0.254 e. The average molecular weight is 397 g/mol. The van der Waals surface area contributed by atoms with Crippen LogP contribution in [0.3, 0.4) is 0 Å². The predicted molar refractivity (Wildman–Crippen MR) is 111 cm³/mol. The van der Waals surface area contributed by atoms with Gasteiger partial charge in [0.15, 0.2) is 0 Å². The van der Waals surface area contributed by atoms with Crippen LogP contribution in [0.4, 0.5) is 5.69 Å². The molecule has 0 radical (unpaired) electrons. The fourth-order valence-electron chi connectivity index (χ4n) is 3.33. The topological polar surface area (TPSA) is 66.5 Å². The van der Waals surface area contributed by atoms with Gasteiger partial charge in [0.05, 0.1) is 6.61 Å². The maximum atomic E-state index is 12.2. The monoisotopic (exact) mass is 396 g/mol. The smallest absolute Gasteiger partial charge is 0.254 e. The van der Waals surface area contributed by atoms with Crippen LogP contribution in [0.25, 0.3) is 11.1 Å². The Labute approximate surface area is 168 Å². The van der Waals surface area contributed by atoms with Crippen LogP contribution in [-0.2, 0) is 13.5 Å². The lowest BCUT2D eigenvalue weighted by molar-refractivity contribution is 0.306. The van der Waals surface area contributed by atoms with E-state index in [-0.39, 0.29) is 5.56 Å². The van der Waals surface area contributed by atoms with Gasteiger partial charge < -0.3 is 19.8 Å². The molecule has 144 valence electrons. The van der Waals surface area contributed by atoms with Crippen molar-refractivity contribution in [2.45, 2.75) is 19.3 Å². The number of ether oxygens (including phenoxy) is 2. The van der Waals surface area contributed by atoms with E-state index in [0.717, 1.165) is 41.7 Å². The molecule has 2 heterocycles. The molecule has 0 aliphatic carbocycles. The van der Waals surface area contributed by atoms with E-state index in [9.17, 15) is 4.79 Å². The lowest BCUT2D eigenvalue weighted by Crippen LogP contribution is -2.16. The lowest BCUT2D eigenvalue weighted by Gasteiger charge is -2.19. The number of rotatable bonds is 0. The minimum atomic E-state index is -0.130. The first-order chi connectivity index (χ1) is 13.5. The van der Waals surface area contributed by atoms with E-state index in [1.54, 1.807) is 19.3 Å². The normalized spacial score (nSPS) is 13.6. The zero-order valence-electron chi connectivity index (χ0n) is 15.6. The molecule has 0 unspecified atom stereocenters. The van der Waals surface area contributed by atoms with Gasteiger partial charge in [-0.05, 0) is 55.2 Å². The molecule has 0 bridgehead atoms. The summed E-state index contributed by atoms with van der Waals surface area (Å²) in [4.78, 5) is 12.2.